The molecule has 0 bridgehead atoms. The van der Waals surface area contributed by atoms with Crippen molar-refractivity contribution in [1.29, 1.82) is 0 Å². The molecular formula is C10H14N2O3. The van der Waals surface area contributed by atoms with Gasteiger partial charge >= 0.3 is 11.9 Å². The minimum absolute atomic E-state index is 0.210. The van der Waals surface area contributed by atoms with Crippen molar-refractivity contribution in [3.05, 3.63) is 17.8 Å². The van der Waals surface area contributed by atoms with Crippen molar-refractivity contribution in [2.24, 2.45) is 0 Å². The van der Waals surface area contributed by atoms with Gasteiger partial charge in [-0.15, -0.1) is 0 Å². The summed E-state index contributed by atoms with van der Waals surface area (Å²) in [5.41, 5.74) is 0. The highest BCUT2D eigenvalue weighted by molar-refractivity contribution is 5.81. The Morgan fingerprint density at radius 2 is 2.53 bits per heavy atom. The van der Waals surface area contributed by atoms with Crippen LogP contribution in [0, 0.1) is 0 Å². The van der Waals surface area contributed by atoms with Crippen LogP contribution in [0.15, 0.2) is 10.6 Å². The second kappa shape index (κ2) is 4.02. The summed E-state index contributed by atoms with van der Waals surface area (Å²) in [7, 11) is 2.06. The molecule has 1 unspecified atom stereocenters. The molecule has 0 amide bonds. The number of rotatable bonds is 2. The summed E-state index contributed by atoms with van der Waals surface area (Å²) in [4.78, 5) is 16.5. The molecule has 15 heavy (non-hydrogen) atoms. The lowest BCUT2D eigenvalue weighted by molar-refractivity contribution is 0.0649. The molecule has 0 aromatic carbocycles. The van der Waals surface area contributed by atoms with E-state index in [1.165, 1.54) is 6.20 Å². The van der Waals surface area contributed by atoms with Gasteiger partial charge in [0.1, 0.15) is 5.76 Å². The molecule has 2 heterocycles. The van der Waals surface area contributed by atoms with Crippen LogP contribution in [-0.2, 0) is 0 Å². The molecule has 1 fully saturated rings. The third kappa shape index (κ3) is 2.18. The normalized spacial score (nSPS) is 22.9. The number of aromatic nitrogens is 1. The number of likely N-dealkylation sites (tertiary alicyclic amines) is 1. The summed E-state index contributed by atoms with van der Waals surface area (Å²) in [6, 6.07) is 0. The zero-order valence-electron chi connectivity index (χ0n) is 8.64. The Hall–Kier alpha value is -1.36. The van der Waals surface area contributed by atoms with Gasteiger partial charge in [-0.2, -0.15) is 0 Å². The molecule has 5 heteroatoms. The van der Waals surface area contributed by atoms with E-state index in [2.05, 4.69) is 16.9 Å². The van der Waals surface area contributed by atoms with E-state index in [9.17, 15) is 4.79 Å². The molecule has 1 aliphatic heterocycles. The van der Waals surface area contributed by atoms with E-state index < -0.39 is 5.97 Å². The average molecular weight is 210 g/mol. The Kier molecular flexibility index (Phi) is 2.73. The molecule has 82 valence electrons. The fourth-order valence-corrected chi connectivity index (χ4v) is 1.97. The second-order valence-corrected chi connectivity index (χ2v) is 3.97. The van der Waals surface area contributed by atoms with Crippen LogP contribution < -0.4 is 0 Å². The third-order valence-corrected chi connectivity index (χ3v) is 2.73. The average Bonchev–Trinajstić information content (AvgIpc) is 2.66. The summed E-state index contributed by atoms with van der Waals surface area (Å²) < 4.78 is 5.20. The van der Waals surface area contributed by atoms with Crippen molar-refractivity contribution in [1.82, 2.24) is 9.88 Å². The van der Waals surface area contributed by atoms with Gasteiger partial charge in [-0.05, 0) is 26.4 Å². The Labute approximate surface area is 87.7 Å². The van der Waals surface area contributed by atoms with E-state index in [0.29, 0.717) is 5.76 Å². The fourth-order valence-electron chi connectivity index (χ4n) is 1.97. The smallest absolute Gasteiger partial charge is 0.392 e. The lowest BCUT2D eigenvalue weighted by atomic mass is 9.97. The standard InChI is InChI=1S/C10H14N2O3/c1-12-4-2-3-7(6-12)8-5-11-9(15-8)10(13)14/h5,7H,2-4,6H2,1H3,(H,13,14). The highest BCUT2D eigenvalue weighted by atomic mass is 16.4. The summed E-state index contributed by atoms with van der Waals surface area (Å²) in [6.07, 6.45) is 3.69. The number of oxazole rings is 1. The van der Waals surface area contributed by atoms with Crippen molar-refractivity contribution in [2.75, 3.05) is 20.1 Å². The molecule has 2 rings (SSSR count). The first-order valence-electron chi connectivity index (χ1n) is 5.04. The molecule has 1 aromatic heterocycles. The molecule has 1 aliphatic rings. The number of aromatic carboxylic acids is 1. The zero-order valence-corrected chi connectivity index (χ0v) is 8.64. The van der Waals surface area contributed by atoms with Gasteiger partial charge in [0, 0.05) is 12.5 Å². The number of likely N-dealkylation sites (N-methyl/N-ethyl adjacent to an activating group) is 1. The number of piperidine rings is 1. The number of carboxylic acid groups (broad SMARTS) is 1. The first-order chi connectivity index (χ1) is 7.16. The van der Waals surface area contributed by atoms with Crippen LogP contribution in [0.5, 0.6) is 0 Å². The lowest BCUT2D eigenvalue weighted by Gasteiger charge is -2.27. The maximum absolute atomic E-state index is 10.6. The van der Waals surface area contributed by atoms with E-state index >= 15 is 0 Å². The summed E-state index contributed by atoms with van der Waals surface area (Å²) in [5, 5.41) is 8.68. The fraction of sp³-hybridized carbons (Fsp3) is 0.600. The minimum Gasteiger partial charge on any atom is -0.474 e. The highest BCUT2D eigenvalue weighted by Crippen LogP contribution is 2.26. The number of hydrogen-bond donors (Lipinski definition) is 1. The van der Waals surface area contributed by atoms with E-state index in [1.807, 2.05) is 0 Å². The van der Waals surface area contributed by atoms with Gasteiger partial charge in [-0.1, -0.05) is 0 Å². The first kappa shape index (κ1) is 10.2. The van der Waals surface area contributed by atoms with Crippen LogP contribution in [0.1, 0.15) is 35.2 Å². The molecule has 1 aromatic rings. The van der Waals surface area contributed by atoms with Gasteiger partial charge in [-0.3, -0.25) is 0 Å². The maximum atomic E-state index is 10.6. The highest BCUT2D eigenvalue weighted by Gasteiger charge is 2.23. The van der Waals surface area contributed by atoms with Crippen LogP contribution in [-0.4, -0.2) is 41.1 Å². The topological polar surface area (TPSA) is 66.6 Å². The van der Waals surface area contributed by atoms with Gasteiger partial charge in [0.05, 0.1) is 6.20 Å². The van der Waals surface area contributed by atoms with Crippen LogP contribution in [0.25, 0.3) is 0 Å². The number of hydrogen-bond acceptors (Lipinski definition) is 4. The van der Waals surface area contributed by atoms with Crippen LogP contribution in [0.2, 0.25) is 0 Å². The van der Waals surface area contributed by atoms with Crippen LogP contribution >= 0.6 is 0 Å². The van der Waals surface area contributed by atoms with Gasteiger partial charge in [-0.25, -0.2) is 9.78 Å². The molecule has 1 N–H and O–H groups in total. The Balaban J connectivity index is 2.11. The molecule has 0 radical (unpaired) electrons. The Morgan fingerprint density at radius 3 is 3.13 bits per heavy atom. The maximum Gasteiger partial charge on any atom is 0.392 e. The number of carbonyl (C=O) groups is 1. The molecule has 0 saturated carbocycles. The number of carboxylic acids is 1. The molecule has 5 nitrogen and oxygen atoms in total. The second-order valence-electron chi connectivity index (χ2n) is 3.97. The quantitative estimate of drug-likeness (QED) is 0.794. The van der Waals surface area contributed by atoms with Crippen molar-refractivity contribution in [3.63, 3.8) is 0 Å². The van der Waals surface area contributed by atoms with Crippen molar-refractivity contribution >= 4 is 5.97 Å². The molecular weight excluding hydrogens is 196 g/mol. The largest absolute Gasteiger partial charge is 0.474 e. The van der Waals surface area contributed by atoms with E-state index in [1.54, 1.807) is 0 Å². The summed E-state index contributed by atoms with van der Waals surface area (Å²) in [5.74, 6) is -0.341. The van der Waals surface area contributed by atoms with Gasteiger partial charge in [0.25, 0.3) is 0 Å². The predicted octanol–water partition coefficient (Wildman–Crippen LogP) is 1.18. The first-order valence-corrected chi connectivity index (χ1v) is 5.04. The summed E-state index contributed by atoms with van der Waals surface area (Å²) >= 11 is 0. The lowest BCUT2D eigenvalue weighted by Crippen LogP contribution is -2.30. The van der Waals surface area contributed by atoms with Gasteiger partial charge in [0.2, 0.25) is 0 Å². The SMILES string of the molecule is CN1CCCC(c2cnc(C(=O)O)o2)C1. The monoisotopic (exact) mass is 210 g/mol. The van der Waals surface area contributed by atoms with Gasteiger partial charge < -0.3 is 14.4 Å². The van der Waals surface area contributed by atoms with E-state index in [0.717, 1.165) is 25.9 Å². The van der Waals surface area contributed by atoms with Crippen LogP contribution in [0.4, 0.5) is 0 Å². The predicted molar refractivity (Wildman–Crippen MR) is 52.9 cm³/mol. The minimum atomic E-state index is -1.11. The zero-order chi connectivity index (χ0) is 10.8. The van der Waals surface area contributed by atoms with Crippen molar-refractivity contribution < 1.29 is 14.3 Å². The molecule has 1 atom stereocenters. The Bertz CT molecular complexity index is 361. The Morgan fingerprint density at radius 1 is 1.73 bits per heavy atom. The van der Waals surface area contributed by atoms with Crippen molar-refractivity contribution in [2.45, 2.75) is 18.8 Å². The molecule has 0 aliphatic carbocycles. The van der Waals surface area contributed by atoms with E-state index in [-0.39, 0.29) is 11.8 Å². The number of nitrogens with zero attached hydrogens (tertiary/aromatic N) is 2. The van der Waals surface area contributed by atoms with Gasteiger partial charge in [0.15, 0.2) is 0 Å². The molecule has 0 spiro atoms. The van der Waals surface area contributed by atoms with Crippen molar-refractivity contribution in [3.8, 4) is 0 Å². The summed E-state index contributed by atoms with van der Waals surface area (Å²) in [6.45, 7) is 2.00. The van der Waals surface area contributed by atoms with E-state index in [4.69, 9.17) is 9.52 Å². The third-order valence-electron chi connectivity index (χ3n) is 2.73. The molecule has 1 saturated heterocycles. The van der Waals surface area contributed by atoms with Crippen LogP contribution in [0.3, 0.4) is 0 Å².